The fraction of sp³-hybridized carbons (Fsp3) is 0.231. The summed E-state index contributed by atoms with van der Waals surface area (Å²) in [5.74, 6) is -1.70. The smallest absolute Gasteiger partial charge is 0.339 e. The Kier molecular flexibility index (Phi) is 3.79. The maximum Gasteiger partial charge on any atom is 0.339 e. The number of rotatable bonds is 4. The Morgan fingerprint density at radius 3 is 2.60 bits per heavy atom. The average molecular weight is 274 g/mol. The number of carbonyl (C=O) groups is 2. The van der Waals surface area contributed by atoms with Crippen LogP contribution in [0.2, 0.25) is 0 Å². The molecule has 0 saturated heterocycles. The molecule has 0 fully saturated rings. The SMILES string of the molecule is CC(NC(=O)c1nn(C)cc1C(=O)O)c1ccncc1. The van der Waals surface area contributed by atoms with E-state index in [2.05, 4.69) is 15.4 Å². The summed E-state index contributed by atoms with van der Waals surface area (Å²) < 4.78 is 1.30. The molecule has 0 aliphatic rings. The van der Waals surface area contributed by atoms with Crippen molar-refractivity contribution in [2.45, 2.75) is 13.0 Å². The van der Waals surface area contributed by atoms with Crippen LogP contribution in [0.5, 0.6) is 0 Å². The van der Waals surface area contributed by atoms with Crippen molar-refractivity contribution in [3.63, 3.8) is 0 Å². The van der Waals surface area contributed by atoms with E-state index in [-0.39, 0.29) is 17.3 Å². The summed E-state index contributed by atoms with van der Waals surface area (Å²) in [6, 6.07) is 3.29. The lowest BCUT2D eigenvalue weighted by Crippen LogP contribution is -2.28. The third-order valence-electron chi connectivity index (χ3n) is 2.83. The molecule has 20 heavy (non-hydrogen) atoms. The largest absolute Gasteiger partial charge is 0.478 e. The molecule has 1 amide bonds. The summed E-state index contributed by atoms with van der Waals surface area (Å²) in [5, 5.41) is 15.6. The quantitative estimate of drug-likeness (QED) is 0.867. The lowest BCUT2D eigenvalue weighted by molar-refractivity contribution is 0.0690. The number of carbonyl (C=O) groups excluding carboxylic acids is 1. The summed E-state index contributed by atoms with van der Waals surface area (Å²) in [7, 11) is 1.56. The van der Waals surface area contributed by atoms with Crippen LogP contribution in [0.3, 0.4) is 0 Å². The molecule has 0 aliphatic carbocycles. The molecule has 0 radical (unpaired) electrons. The van der Waals surface area contributed by atoms with Gasteiger partial charge in [0.15, 0.2) is 5.69 Å². The second kappa shape index (κ2) is 5.52. The predicted molar refractivity (Wildman–Crippen MR) is 70.3 cm³/mol. The summed E-state index contributed by atoms with van der Waals surface area (Å²) in [6.07, 6.45) is 4.55. The van der Waals surface area contributed by atoms with Crippen molar-refractivity contribution in [3.8, 4) is 0 Å². The van der Waals surface area contributed by atoms with Gasteiger partial charge in [-0.1, -0.05) is 0 Å². The molecule has 2 aromatic rings. The van der Waals surface area contributed by atoms with Gasteiger partial charge in [0, 0.05) is 25.6 Å². The van der Waals surface area contributed by atoms with Gasteiger partial charge in [0.1, 0.15) is 5.56 Å². The molecule has 0 aromatic carbocycles. The molecule has 1 atom stereocenters. The summed E-state index contributed by atoms with van der Waals surface area (Å²) in [6.45, 7) is 1.80. The van der Waals surface area contributed by atoms with Crippen LogP contribution in [-0.4, -0.2) is 31.7 Å². The zero-order chi connectivity index (χ0) is 14.7. The first kappa shape index (κ1) is 13.7. The lowest BCUT2D eigenvalue weighted by atomic mass is 10.1. The number of aromatic carboxylic acids is 1. The van der Waals surface area contributed by atoms with Crippen LogP contribution < -0.4 is 5.32 Å². The minimum atomic E-state index is -1.18. The fourth-order valence-corrected chi connectivity index (χ4v) is 1.81. The molecule has 0 bridgehead atoms. The van der Waals surface area contributed by atoms with E-state index in [1.165, 1.54) is 10.9 Å². The molecule has 7 nitrogen and oxygen atoms in total. The van der Waals surface area contributed by atoms with E-state index >= 15 is 0 Å². The zero-order valence-corrected chi connectivity index (χ0v) is 11.1. The van der Waals surface area contributed by atoms with Crippen molar-refractivity contribution in [3.05, 3.63) is 47.5 Å². The maximum atomic E-state index is 12.1. The molecule has 2 aromatic heterocycles. The number of carboxylic acids is 1. The molecule has 0 spiro atoms. The highest BCUT2D eigenvalue weighted by Gasteiger charge is 2.22. The molecule has 2 heterocycles. The number of hydrogen-bond acceptors (Lipinski definition) is 4. The molecule has 2 N–H and O–H groups in total. The Hall–Kier alpha value is -2.70. The van der Waals surface area contributed by atoms with Gasteiger partial charge in [-0.25, -0.2) is 4.79 Å². The molecule has 0 aliphatic heterocycles. The first-order valence-corrected chi connectivity index (χ1v) is 5.96. The minimum Gasteiger partial charge on any atom is -0.478 e. The summed E-state index contributed by atoms with van der Waals surface area (Å²) in [5.41, 5.74) is 0.661. The van der Waals surface area contributed by atoms with Gasteiger partial charge in [0.2, 0.25) is 0 Å². The highest BCUT2D eigenvalue weighted by Crippen LogP contribution is 2.13. The number of aryl methyl sites for hydroxylation is 1. The van der Waals surface area contributed by atoms with Gasteiger partial charge in [-0.15, -0.1) is 0 Å². The lowest BCUT2D eigenvalue weighted by Gasteiger charge is -2.13. The number of pyridine rings is 1. The van der Waals surface area contributed by atoms with E-state index in [0.717, 1.165) is 5.56 Å². The van der Waals surface area contributed by atoms with E-state index in [1.54, 1.807) is 38.5 Å². The first-order valence-electron chi connectivity index (χ1n) is 5.96. The van der Waals surface area contributed by atoms with Crippen molar-refractivity contribution in [2.75, 3.05) is 0 Å². The third-order valence-corrected chi connectivity index (χ3v) is 2.83. The summed E-state index contributed by atoms with van der Waals surface area (Å²) in [4.78, 5) is 27.1. The van der Waals surface area contributed by atoms with E-state index in [1.807, 2.05) is 0 Å². The van der Waals surface area contributed by atoms with Crippen molar-refractivity contribution in [1.82, 2.24) is 20.1 Å². The molecule has 7 heteroatoms. The van der Waals surface area contributed by atoms with Crippen LogP contribution in [0.15, 0.2) is 30.7 Å². The van der Waals surface area contributed by atoms with Gasteiger partial charge in [-0.2, -0.15) is 5.10 Å². The fourth-order valence-electron chi connectivity index (χ4n) is 1.81. The van der Waals surface area contributed by atoms with Crippen molar-refractivity contribution in [2.24, 2.45) is 7.05 Å². The molecular formula is C13H14N4O3. The first-order chi connectivity index (χ1) is 9.49. The molecule has 104 valence electrons. The van der Waals surface area contributed by atoms with Crippen molar-refractivity contribution < 1.29 is 14.7 Å². The van der Waals surface area contributed by atoms with E-state index in [0.29, 0.717) is 0 Å². The van der Waals surface area contributed by atoms with Gasteiger partial charge >= 0.3 is 5.97 Å². The number of aromatic nitrogens is 3. The topological polar surface area (TPSA) is 97.1 Å². The van der Waals surface area contributed by atoms with Crippen LogP contribution in [0, 0.1) is 0 Å². The summed E-state index contributed by atoms with van der Waals surface area (Å²) >= 11 is 0. The van der Waals surface area contributed by atoms with E-state index in [4.69, 9.17) is 5.11 Å². The number of carboxylic acid groups (broad SMARTS) is 1. The van der Waals surface area contributed by atoms with Crippen molar-refractivity contribution >= 4 is 11.9 Å². The standard InChI is InChI=1S/C13H14N4O3/c1-8(9-3-5-14-6-4-9)15-12(18)11-10(13(19)20)7-17(2)16-11/h3-8H,1-2H3,(H,15,18)(H,19,20). The van der Waals surface area contributed by atoms with Gasteiger partial charge in [0.05, 0.1) is 6.04 Å². The molecule has 2 rings (SSSR count). The second-order valence-electron chi connectivity index (χ2n) is 4.35. The van der Waals surface area contributed by atoms with Gasteiger partial charge in [-0.05, 0) is 24.6 Å². The highest BCUT2D eigenvalue weighted by atomic mass is 16.4. The van der Waals surface area contributed by atoms with Crippen LogP contribution >= 0.6 is 0 Å². The average Bonchev–Trinajstić information content (AvgIpc) is 2.82. The maximum absolute atomic E-state index is 12.1. The Bertz CT molecular complexity index is 636. The van der Waals surface area contributed by atoms with Crippen molar-refractivity contribution in [1.29, 1.82) is 0 Å². The number of nitrogens with zero attached hydrogens (tertiary/aromatic N) is 3. The van der Waals surface area contributed by atoms with Crippen LogP contribution in [-0.2, 0) is 7.05 Å². The highest BCUT2D eigenvalue weighted by molar-refractivity contribution is 6.03. The Morgan fingerprint density at radius 2 is 2.00 bits per heavy atom. The van der Waals surface area contributed by atoms with Crippen LogP contribution in [0.25, 0.3) is 0 Å². The van der Waals surface area contributed by atoms with Crippen LogP contribution in [0.1, 0.15) is 39.4 Å². The number of nitrogens with one attached hydrogen (secondary N) is 1. The Balaban J connectivity index is 2.19. The number of hydrogen-bond donors (Lipinski definition) is 2. The Labute approximate surface area is 115 Å². The molecule has 0 saturated carbocycles. The number of amides is 1. The van der Waals surface area contributed by atoms with Gasteiger partial charge < -0.3 is 10.4 Å². The van der Waals surface area contributed by atoms with Crippen LogP contribution in [0.4, 0.5) is 0 Å². The Morgan fingerprint density at radius 1 is 1.35 bits per heavy atom. The van der Waals surface area contributed by atoms with Gasteiger partial charge in [-0.3, -0.25) is 14.5 Å². The second-order valence-corrected chi connectivity index (χ2v) is 4.35. The monoisotopic (exact) mass is 274 g/mol. The molecule has 1 unspecified atom stereocenters. The minimum absolute atomic E-state index is 0.0964. The van der Waals surface area contributed by atoms with E-state index in [9.17, 15) is 9.59 Å². The van der Waals surface area contributed by atoms with E-state index < -0.39 is 11.9 Å². The third kappa shape index (κ3) is 2.82. The predicted octanol–water partition coefficient (Wildman–Crippen LogP) is 1.00. The molecular weight excluding hydrogens is 260 g/mol. The van der Waals surface area contributed by atoms with Gasteiger partial charge in [0.25, 0.3) is 5.91 Å². The zero-order valence-electron chi connectivity index (χ0n) is 11.1. The normalized spacial score (nSPS) is 11.9.